The van der Waals surface area contributed by atoms with Crippen LogP contribution < -0.4 is 0 Å². The summed E-state index contributed by atoms with van der Waals surface area (Å²) in [6, 6.07) is 9.16. The van der Waals surface area contributed by atoms with Gasteiger partial charge in [0.25, 0.3) is 4.33 Å². The third-order valence-electron chi connectivity index (χ3n) is 2.31. The van der Waals surface area contributed by atoms with Gasteiger partial charge in [0.05, 0.1) is 11.9 Å². The van der Waals surface area contributed by atoms with Crippen molar-refractivity contribution >= 4 is 29.2 Å². The van der Waals surface area contributed by atoms with E-state index in [4.69, 9.17) is 28.3 Å². The molecule has 0 aliphatic rings. The number of nitrogens with one attached hydrogen (secondary N) is 1. The average molecular weight is 271 g/mol. The Bertz CT molecular complexity index is 537. The fraction of sp³-hybridized carbons (Fsp3) is 0.0909. The largest absolute Gasteiger partial charge is 0.479 e. The summed E-state index contributed by atoms with van der Waals surface area (Å²) in [7, 11) is 0. The number of carboxylic acid groups (broad SMARTS) is 1. The highest BCUT2D eigenvalue weighted by atomic mass is 35.5. The summed E-state index contributed by atoms with van der Waals surface area (Å²) in [5, 5.41) is 15.3. The van der Waals surface area contributed by atoms with E-state index in [1.54, 1.807) is 0 Å². The number of benzene rings is 1. The van der Waals surface area contributed by atoms with Gasteiger partial charge in [-0.3, -0.25) is 5.10 Å². The molecule has 0 saturated carbocycles. The van der Waals surface area contributed by atoms with E-state index in [0.29, 0.717) is 5.56 Å². The molecule has 2 aromatic rings. The van der Waals surface area contributed by atoms with Gasteiger partial charge < -0.3 is 5.11 Å². The Morgan fingerprint density at radius 2 is 1.94 bits per heavy atom. The first-order valence-electron chi connectivity index (χ1n) is 4.74. The predicted octanol–water partition coefficient (Wildman–Crippen LogP) is 2.79. The smallest absolute Gasteiger partial charge is 0.346 e. The number of aromatic amines is 1. The van der Waals surface area contributed by atoms with Gasteiger partial charge in [-0.1, -0.05) is 53.5 Å². The van der Waals surface area contributed by atoms with Crippen LogP contribution in [0.25, 0.3) is 11.1 Å². The van der Waals surface area contributed by atoms with Gasteiger partial charge in [-0.15, -0.1) is 0 Å². The van der Waals surface area contributed by atoms with Crippen LogP contribution in [0.15, 0.2) is 36.5 Å². The summed E-state index contributed by atoms with van der Waals surface area (Å²) in [6.45, 7) is 0. The molecule has 1 aromatic carbocycles. The standard InChI is InChI=1S/C11H8Cl2N2O2/c12-11(13,10(16)17)9-8(6-14-15-9)7-4-2-1-3-5-7/h1-6H,(H,14,15)(H,16,17). The Morgan fingerprint density at radius 3 is 2.53 bits per heavy atom. The number of hydrogen-bond acceptors (Lipinski definition) is 2. The molecule has 0 saturated heterocycles. The van der Waals surface area contributed by atoms with Gasteiger partial charge in [-0.2, -0.15) is 5.10 Å². The van der Waals surface area contributed by atoms with Crippen LogP contribution in [0, 0.1) is 0 Å². The normalized spacial score (nSPS) is 11.4. The quantitative estimate of drug-likeness (QED) is 0.843. The third kappa shape index (κ3) is 2.14. The second-order valence-corrected chi connectivity index (χ2v) is 4.73. The fourth-order valence-corrected chi connectivity index (χ4v) is 1.76. The van der Waals surface area contributed by atoms with Crippen molar-refractivity contribution in [3.63, 3.8) is 0 Å². The van der Waals surface area contributed by atoms with E-state index in [1.165, 1.54) is 6.20 Å². The summed E-state index contributed by atoms with van der Waals surface area (Å²) in [6.07, 6.45) is 1.49. The van der Waals surface area contributed by atoms with Crippen LogP contribution in [-0.4, -0.2) is 21.3 Å². The van der Waals surface area contributed by atoms with Crippen molar-refractivity contribution in [1.29, 1.82) is 0 Å². The minimum absolute atomic E-state index is 0.152. The Balaban J connectivity index is 2.53. The molecule has 0 spiro atoms. The van der Waals surface area contributed by atoms with Gasteiger partial charge in [-0.25, -0.2) is 4.79 Å². The second-order valence-electron chi connectivity index (χ2n) is 3.40. The number of aliphatic carboxylic acids is 1. The molecular formula is C11H8Cl2N2O2. The van der Waals surface area contributed by atoms with Crippen molar-refractivity contribution in [2.75, 3.05) is 0 Å². The Labute approximate surface area is 107 Å². The third-order valence-corrected chi connectivity index (χ3v) is 3.01. The average Bonchev–Trinajstić information content (AvgIpc) is 2.79. The van der Waals surface area contributed by atoms with Crippen molar-refractivity contribution in [2.24, 2.45) is 0 Å². The first-order valence-corrected chi connectivity index (χ1v) is 5.49. The Hall–Kier alpha value is -1.52. The van der Waals surface area contributed by atoms with E-state index in [1.807, 2.05) is 30.3 Å². The van der Waals surface area contributed by atoms with Gasteiger partial charge in [-0.05, 0) is 5.56 Å². The maximum Gasteiger partial charge on any atom is 0.346 e. The number of rotatable bonds is 3. The number of H-pyrrole nitrogens is 1. The topological polar surface area (TPSA) is 66.0 Å². The second kappa shape index (κ2) is 4.39. The molecule has 6 heteroatoms. The van der Waals surface area contributed by atoms with Crippen molar-refractivity contribution in [1.82, 2.24) is 10.2 Å². The number of carboxylic acids is 1. The SMILES string of the molecule is O=C(O)C(Cl)(Cl)c1[nH]ncc1-c1ccccc1. The van der Waals surface area contributed by atoms with Crippen LogP contribution in [0.2, 0.25) is 0 Å². The van der Waals surface area contributed by atoms with Gasteiger partial charge in [0.1, 0.15) is 0 Å². The minimum atomic E-state index is -2.04. The predicted molar refractivity (Wildman–Crippen MR) is 65.0 cm³/mol. The van der Waals surface area contributed by atoms with Crippen molar-refractivity contribution in [3.05, 3.63) is 42.2 Å². The molecule has 0 atom stereocenters. The summed E-state index contributed by atoms with van der Waals surface area (Å²) in [5.41, 5.74) is 1.51. The molecule has 0 aliphatic carbocycles. The van der Waals surface area contributed by atoms with Crippen molar-refractivity contribution in [3.8, 4) is 11.1 Å². The van der Waals surface area contributed by atoms with E-state index in [9.17, 15) is 4.79 Å². The van der Waals surface area contributed by atoms with Gasteiger partial charge in [0, 0.05) is 5.56 Å². The van der Waals surface area contributed by atoms with Gasteiger partial charge in [0.2, 0.25) is 0 Å². The number of carbonyl (C=O) groups is 1. The van der Waals surface area contributed by atoms with Crippen molar-refractivity contribution in [2.45, 2.75) is 4.33 Å². The van der Waals surface area contributed by atoms with Crippen LogP contribution in [0.3, 0.4) is 0 Å². The summed E-state index contributed by atoms with van der Waals surface area (Å²) >= 11 is 11.6. The number of alkyl halides is 2. The molecule has 1 heterocycles. The number of halogens is 2. The molecule has 0 amide bonds. The first kappa shape index (κ1) is 12.0. The lowest BCUT2D eigenvalue weighted by molar-refractivity contribution is -0.138. The molecule has 0 radical (unpaired) electrons. The minimum Gasteiger partial charge on any atom is -0.479 e. The Kier molecular flexibility index (Phi) is 3.09. The van der Waals surface area contributed by atoms with E-state index < -0.39 is 10.3 Å². The molecule has 88 valence electrons. The van der Waals surface area contributed by atoms with E-state index >= 15 is 0 Å². The molecule has 2 N–H and O–H groups in total. The monoisotopic (exact) mass is 270 g/mol. The molecule has 1 aromatic heterocycles. The van der Waals surface area contributed by atoms with Crippen LogP contribution in [0.4, 0.5) is 0 Å². The summed E-state index contributed by atoms with van der Waals surface area (Å²) in [5.74, 6) is -1.35. The lowest BCUT2D eigenvalue weighted by atomic mass is 10.0. The summed E-state index contributed by atoms with van der Waals surface area (Å²) in [4.78, 5) is 11.0. The zero-order valence-electron chi connectivity index (χ0n) is 8.52. The molecule has 17 heavy (non-hydrogen) atoms. The highest BCUT2D eigenvalue weighted by Crippen LogP contribution is 2.38. The fourth-order valence-electron chi connectivity index (χ4n) is 1.47. The number of hydrogen-bond donors (Lipinski definition) is 2. The highest BCUT2D eigenvalue weighted by molar-refractivity contribution is 6.56. The van der Waals surface area contributed by atoms with E-state index in [2.05, 4.69) is 10.2 Å². The zero-order valence-corrected chi connectivity index (χ0v) is 10.0. The molecule has 0 aliphatic heterocycles. The zero-order chi connectivity index (χ0) is 12.5. The molecule has 0 bridgehead atoms. The Morgan fingerprint density at radius 1 is 1.29 bits per heavy atom. The van der Waals surface area contributed by atoms with Gasteiger partial charge >= 0.3 is 5.97 Å². The lowest BCUT2D eigenvalue weighted by Crippen LogP contribution is -2.24. The molecule has 0 fully saturated rings. The van der Waals surface area contributed by atoms with Crippen LogP contribution >= 0.6 is 23.2 Å². The molecule has 0 unspecified atom stereocenters. The van der Waals surface area contributed by atoms with Gasteiger partial charge in [0.15, 0.2) is 0 Å². The maximum absolute atomic E-state index is 11.0. The van der Waals surface area contributed by atoms with Crippen LogP contribution in [0.5, 0.6) is 0 Å². The highest BCUT2D eigenvalue weighted by Gasteiger charge is 2.39. The van der Waals surface area contributed by atoms with E-state index in [0.717, 1.165) is 5.56 Å². The van der Waals surface area contributed by atoms with Crippen LogP contribution in [0.1, 0.15) is 5.69 Å². The number of nitrogens with zero attached hydrogens (tertiary/aromatic N) is 1. The van der Waals surface area contributed by atoms with E-state index in [-0.39, 0.29) is 5.69 Å². The molecule has 2 rings (SSSR count). The number of aromatic nitrogens is 2. The summed E-state index contributed by atoms with van der Waals surface area (Å²) < 4.78 is -2.04. The van der Waals surface area contributed by atoms with Crippen LogP contribution in [-0.2, 0) is 9.13 Å². The molecular weight excluding hydrogens is 263 g/mol. The van der Waals surface area contributed by atoms with Crippen molar-refractivity contribution < 1.29 is 9.90 Å². The lowest BCUT2D eigenvalue weighted by Gasteiger charge is -2.14. The maximum atomic E-state index is 11.0. The molecule has 4 nitrogen and oxygen atoms in total. The first-order chi connectivity index (χ1) is 8.03.